The molecule has 1 fully saturated rings. The maximum Gasteiger partial charge on any atom is 0.245 e. The average molecular weight is 480 g/mol. The third-order valence-electron chi connectivity index (χ3n) is 7.24. The second-order valence-electron chi connectivity index (χ2n) is 9.59. The number of para-hydroxylation sites is 2. The molecule has 0 bridgehead atoms. The third kappa shape index (κ3) is 4.84. The summed E-state index contributed by atoms with van der Waals surface area (Å²) in [4.78, 5) is 24.8. The van der Waals surface area contributed by atoms with E-state index in [0.717, 1.165) is 81.0 Å². The average Bonchev–Trinajstić information content (AvgIpc) is 3.41. The number of carbonyl (C=O) groups excluding carboxylic acids is 1. The minimum absolute atomic E-state index is 0.0550. The third-order valence-corrected chi connectivity index (χ3v) is 7.24. The molecule has 36 heavy (non-hydrogen) atoms. The summed E-state index contributed by atoms with van der Waals surface area (Å²) in [5.74, 6) is 0.905. The number of piperazine rings is 1. The van der Waals surface area contributed by atoms with Gasteiger partial charge in [-0.2, -0.15) is 5.26 Å². The van der Waals surface area contributed by atoms with Crippen LogP contribution < -0.4 is 9.80 Å². The number of anilines is 3. The fraction of sp³-hybridized carbons (Fsp3) is 0.367. The van der Waals surface area contributed by atoms with Gasteiger partial charge in [-0.25, -0.2) is 4.98 Å². The summed E-state index contributed by atoms with van der Waals surface area (Å²) in [6, 6.07) is 22.1. The molecule has 1 saturated heterocycles. The van der Waals surface area contributed by atoms with Gasteiger partial charge in [-0.1, -0.05) is 49.7 Å². The van der Waals surface area contributed by atoms with Gasteiger partial charge >= 0.3 is 0 Å². The van der Waals surface area contributed by atoms with Crippen molar-refractivity contribution in [2.45, 2.75) is 39.0 Å². The van der Waals surface area contributed by atoms with Gasteiger partial charge < -0.3 is 4.90 Å². The van der Waals surface area contributed by atoms with Crippen LogP contribution in [0.3, 0.4) is 0 Å². The molecule has 0 atom stereocenters. The predicted molar refractivity (Wildman–Crippen MR) is 144 cm³/mol. The molecule has 1 aliphatic heterocycles. The van der Waals surface area contributed by atoms with Crippen molar-refractivity contribution in [1.29, 1.82) is 5.26 Å². The van der Waals surface area contributed by atoms with Crippen molar-refractivity contribution in [3.8, 4) is 6.07 Å². The largest absolute Gasteiger partial charge is 0.353 e. The number of benzene rings is 2. The second-order valence-corrected chi connectivity index (χ2v) is 9.59. The Kier molecular flexibility index (Phi) is 7.29. The Morgan fingerprint density at radius 2 is 1.56 bits per heavy atom. The van der Waals surface area contributed by atoms with E-state index in [0.29, 0.717) is 6.54 Å². The molecule has 0 spiro atoms. The first kappa shape index (κ1) is 24.0. The van der Waals surface area contributed by atoms with Crippen LogP contribution in [0.25, 0.3) is 0 Å². The van der Waals surface area contributed by atoms with Crippen molar-refractivity contribution in [2.24, 2.45) is 0 Å². The summed E-state index contributed by atoms with van der Waals surface area (Å²) in [7, 11) is 0. The van der Waals surface area contributed by atoms with Crippen molar-refractivity contribution in [3.63, 3.8) is 0 Å². The van der Waals surface area contributed by atoms with E-state index in [1.54, 1.807) is 4.90 Å². The summed E-state index contributed by atoms with van der Waals surface area (Å²) < 4.78 is 0. The molecule has 0 N–H and O–H groups in total. The van der Waals surface area contributed by atoms with Crippen molar-refractivity contribution < 1.29 is 4.79 Å². The number of nitrogens with zero attached hydrogens (tertiary/aromatic N) is 5. The van der Waals surface area contributed by atoms with E-state index in [4.69, 9.17) is 4.98 Å². The Labute approximate surface area is 213 Å². The van der Waals surface area contributed by atoms with E-state index in [1.165, 1.54) is 16.8 Å². The number of carbonyl (C=O) groups is 1. The van der Waals surface area contributed by atoms with E-state index in [1.807, 2.05) is 60.7 Å². The summed E-state index contributed by atoms with van der Waals surface area (Å²) in [6.07, 6.45) is 5.15. The lowest BCUT2D eigenvalue weighted by molar-refractivity contribution is -0.119. The molecule has 2 aromatic carbocycles. The quantitative estimate of drug-likeness (QED) is 0.483. The van der Waals surface area contributed by atoms with Crippen LogP contribution in [0, 0.1) is 11.3 Å². The Morgan fingerprint density at radius 3 is 2.14 bits per heavy atom. The van der Waals surface area contributed by atoms with Gasteiger partial charge in [-0.3, -0.25) is 14.6 Å². The first-order valence-corrected chi connectivity index (χ1v) is 13.0. The number of hydrogen-bond acceptors (Lipinski definition) is 5. The lowest BCUT2D eigenvalue weighted by Gasteiger charge is -2.36. The van der Waals surface area contributed by atoms with Crippen molar-refractivity contribution in [2.75, 3.05) is 42.5 Å². The molecule has 0 saturated carbocycles. The van der Waals surface area contributed by atoms with Gasteiger partial charge in [0.25, 0.3) is 0 Å². The van der Waals surface area contributed by atoms with Crippen molar-refractivity contribution in [1.82, 2.24) is 9.88 Å². The zero-order valence-electron chi connectivity index (χ0n) is 21.0. The monoisotopic (exact) mass is 479 g/mol. The van der Waals surface area contributed by atoms with Crippen LogP contribution in [0.1, 0.15) is 42.1 Å². The van der Waals surface area contributed by atoms with Gasteiger partial charge in [0.15, 0.2) is 0 Å². The lowest BCUT2D eigenvalue weighted by Crippen LogP contribution is -2.50. The van der Waals surface area contributed by atoms with Gasteiger partial charge in [-0.15, -0.1) is 0 Å². The summed E-state index contributed by atoms with van der Waals surface area (Å²) in [5, 5.41) is 10.0. The van der Waals surface area contributed by atoms with E-state index in [-0.39, 0.29) is 5.91 Å². The SMILES string of the molecule is CCCc1nc(N2CCN(CC(=O)N(c3ccccc3)c3ccccc3)CC2)c(C#N)c2c1CCC2. The van der Waals surface area contributed by atoms with Gasteiger partial charge in [0.2, 0.25) is 5.91 Å². The molecule has 1 aliphatic carbocycles. The highest BCUT2D eigenvalue weighted by Crippen LogP contribution is 2.34. The molecular formula is C30H33N5O. The highest BCUT2D eigenvalue weighted by molar-refractivity contribution is 6.01. The molecule has 5 rings (SSSR count). The normalized spacial score (nSPS) is 15.4. The van der Waals surface area contributed by atoms with Gasteiger partial charge in [0.1, 0.15) is 11.9 Å². The van der Waals surface area contributed by atoms with Crippen LogP contribution in [-0.4, -0.2) is 48.5 Å². The Morgan fingerprint density at radius 1 is 0.944 bits per heavy atom. The predicted octanol–water partition coefficient (Wildman–Crippen LogP) is 4.88. The van der Waals surface area contributed by atoms with Crippen LogP contribution in [0.15, 0.2) is 60.7 Å². The number of hydrogen-bond donors (Lipinski definition) is 0. The number of aromatic nitrogens is 1. The lowest BCUT2D eigenvalue weighted by atomic mass is 10.0. The van der Waals surface area contributed by atoms with Gasteiger partial charge in [-0.05, 0) is 61.1 Å². The molecule has 0 radical (unpaired) electrons. The van der Waals surface area contributed by atoms with Gasteiger partial charge in [0.05, 0.1) is 12.1 Å². The number of fused-ring (bicyclic) bond motifs is 1. The number of aryl methyl sites for hydroxylation is 1. The van der Waals surface area contributed by atoms with Crippen LogP contribution >= 0.6 is 0 Å². The maximum absolute atomic E-state index is 13.5. The summed E-state index contributed by atoms with van der Waals surface area (Å²) in [6.45, 7) is 5.57. The van der Waals surface area contributed by atoms with Crippen molar-refractivity contribution in [3.05, 3.63) is 83.0 Å². The summed E-state index contributed by atoms with van der Waals surface area (Å²) >= 11 is 0. The minimum atomic E-state index is 0.0550. The standard InChI is InChI=1S/C30H33N5O/c1-2-10-28-26-16-9-15-25(26)27(21-31)30(32-28)34-19-17-33(18-20-34)22-29(36)35(23-11-5-3-6-12-23)24-13-7-4-8-14-24/h3-8,11-14H,2,9-10,15-20,22H2,1H3. The molecule has 184 valence electrons. The fourth-order valence-corrected chi connectivity index (χ4v) is 5.49. The van der Waals surface area contributed by atoms with Crippen LogP contribution in [0.4, 0.5) is 17.2 Å². The Balaban J connectivity index is 1.31. The van der Waals surface area contributed by atoms with Crippen LogP contribution in [0.2, 0.25) is 0 Å². The molecule has 2 heterocycles. The second kappa shape index (κ2) is 10.9. The summed E-state index contributed by atoms with van der Waals surface area (Å²) in [5.41, 5.74) is 6.24. The smallest absolute Gasteiger partial charge is 0.245 e. The van der Waals surface area contributed by atoms with Crippen molar-refractivity contribution >= 4 is 23.1 Å². The zero-order chi connectivity index (χ0) is 24.9. The molecule has 1 aromatic heterocycles. The van der Waals surface area contributed by atoms with E-state index < -0.39 is 0 Å². The molecule has 3 aromatic rings. The first-order valence-electron chi connectivity index (χ1n) is 13.0. The highest BCUT2D eigenvalue weighted by Gasteiger charge is 2.29. The van der Waals surface area contributed by atoms with E-state index in [9.17, 15) is 10.1 Å². The molecule has 6 heteroatoms. The number of nitriles is 1. The topological polar surface area (TPSA) is 63.5 Å². The van der Waals surface area contributed by atoms with Crippen LogP contribution in [0.5, 0.6) is 0 Å². The number of rotatable bonds is 7. The molecule has 2 aliphatic rings. The van der Waals surface area contributed by atoms with Gasteiger partial charge in [0, 0.05) is 43.2 Å². The fourth-order valence-electron chi connectivity index (χ4n) is 5.49. The zero-order valence-corrected chi connectivity index (χ0v) is 21.0. The molecule has 0 unspecified atom stereocenters. The Hall–Kier alpha value is -3.69. The van der Waals surface area contributed by atoms with E-state index >= 15 is 0 Å². The number of amides is 1. The Bertz CT molecular complexity index is 1200. The molecular weight excluding hydrogens is 446 g/mol. The highest BCUT2D eigenvalue weighted by atomic mass is 16.2. The molecule has 1 amide bonds. The van der Waals surface area contributed by atoms with Crippen LogP contribution in [-0.2, 0) is 24.1 Å². The minimum Gasteiger partial charge on any atom is -0.353 e. The number of pyridine rings is 1. The molecule has 6 nitrogen and oxygen atoms in total. The van der Waals surface area contributed by atoms with E-state index in [2.05, 4.69) is 22.8 Å². The maximum atomic E-state index is 13.5. The first-order chi connectivity index (χ1) is 17.7.